The van der Waals surface area contributed by atoms with Gasteiger partial charge >= 0.3 is 0 Å². The first kappa shape index (κ1) is 9.74. The Morgan fingerprint density at radius 1 is 1.43 bits per heavy atom. The van der Waals surface area contributed by atoms with E-state index < -0.39 is 0 Å². The van der Waals surface area contributed by atoms with Crippen LogP contribution in [0.15, 0.2) is 28.9 Å². The van der Waals surface area contributed by atoms with Crippen molar-refractivity contribution in [3.63, 3.8) is 0 Å². The predicted molar refractivity (Wildman–Crippen MR) is 61.5 cm³/mol. The first-order valence-electron chi connectivity index (χ1n) is 4.15. The van der Waals surface area contributed by atoms with E-state index in [1.165, 1.54) is 0 Å². The van der Waals surface area contributed by atoms with E-state index in [4.69, 9.17) is 11.6 Å². The number of H-pyrrole nitrogens is 1. The van der Waals surface area contributed by atoms with Crippen LogP contribution in [0.3, 0.4) is 0 Å². The highest BCUT2D eigenvalue weighted by atomic mass is 79.9. The standard InChI is InChI=1S/C10H8BrClN2/c1-6-9(13-14-10(6)11)7-3-2-4-8(12)5-7/h2-5H,1H3,(H,13,14). The first-order valence-corrected chi connectivity index (χ1v) is 5.32. The molecule has 0 aliphatic heterocycles. The lowest BCUT2D eigenvalue weighted by atomic mass is 10.1. The van der Waals surface area contributed by atoms with E-state index in [-0.39, 0.29) is 0 Å². The molecule has 0 bridgehead atoms. The zero-order chi connectivity index (χ0) is 10.1. The summed E-state index contributed by atoms with van der Waals surface area (Å²) in [5.74, 6) is 0. The van der Waals surface area contributed by atoms with Gasteiger partial charge in [-0.1, -0.05) is 23.7 Å². The molecule has 1 aromatic heterocycles. The SMILES string of the molecule is Cc1c(-c2cccc(Cl)c2)n[nH]c1Br. The van der Waals surface area contributed by atoms with Crippen LogP contribution in [0.1, 0.15) is 5.56 Å². The van der Waals surface area contributed by atoms with E-state index in [1.807, 2.05) is 31.2 Å². The van der Waals surface area contributed by atoms with Crippen LogP contribution in [0.4, 0.5) is 0 Å². The summed E-state index contributed by atoms with van der Waals surface area (Å²) in [5.41, 5.74) is 3.04. The maximum absolute atomic E-state index is 5.90. The van der Waals surface area contributed by atoms with Gasteiger partial charge in [-0.05, 0) is 35.0 Å². The van der Waals surface area contributed by atoms with E-state index >= 15 is 0 Å². The summed E-state index contributed by atoms with van der Waals surface area (Å²) in [6.07, 6.45) is 0. The molecular weight excluding hydrogens is 263 g/mol. The van der Waals surface area contributed by atoms with Crippen LogP contribution in [0.25, 0.3) is 11.3 Å². The van der Waals surface area contributed by atoms with Gasteiger partial charge in [0.1, 0.15) is 4.60 Å². The monoisotopic (exact) mass is 270 g/mol. The molecule has 14 heavy (non-hydrogen) atoms. The molecule has 1 N–H and O–H groups in total. The molecule has 2 aromatic rings. The number of aromatic nitrogens is 2. The Hall–Kier alpha value is -0.800. The van der Waals surface area contributed by atoms with Crippen LogP contribution < -0.4 is 0 Å². The second-order valence-electron chi connectivity index (χ2n) is 3.02. The van der Waals surface area contributed by atoms with Gasteiger partial charge in [0.25, 0.3) is 0 Å². The number of halogens is 2. The summed E-state index contributed by atoms with van der Waals surface area (Å²) >= 11 is 9.28. The topological polar surface area (TPSA) is 28.7 Å². The maximum atomic E-state index is 5.90. The van der Waals surface area contributed by atoms with Crippen molar-refractivity contribution >= 4 is 27.5 Å². The van der Waals surface area contributed by atoms with Gasteiger partial charge in [0.2, 0.25) is 0 Å². The van der Waals surface area contributed by atoms with Gasteiger partial charge in [-0.15, -0.1) is 0 Å². The van der Waals surface area contributed by atoms with Crippen molar-refractivity contribution in [1.82, 2.24) is 10.2 Å². The van der Waals surface area contributed by atoms with Gasteiger partial charge in [-0.2, -0.15) is 5.10 Å². The van der Waals surface area contributed by atoms with Crippen LogP contribution in [0.5, 0.6) is 0 Å². The van der Waals surface area contributed by atoms with Crippen LogP contribution in [-0.4, -0.2) is 10.2 Å². The van der Waals surface area contributed by atoms with Gasteiger partial charge in [0.05, 0.1) is 5.69 Å². The highest BCUT2D eigenvalue weighted by Gasteiger charge is 2.08. The fourth-order valence-corrected chi connectivity index (χ4v) is 1.76. The van der Waals surface area contributed by atoms with Gasteiger partial charge in [0, 0.05) is 16.1 Å². The smallest absolute Gasteiger partial charge is 0.104 e. The lowest BCUT2D eigenvalue weighted by Crippen LogP contribution is -1.80. The molecule has 0 radical (unpaired) electrons. The van der Waals surface area contributed by atoms with Crippen LogP contribution in [-0.2, 0) is 0 Å². The third-order valence-corrected chi connectivity index (χ3v) is 3.06. The number of rotatable bonds is 1. The molecule has 2 nitrogen and oxygen atoms in total. The second kappa shape index (κ2) is 3.75. The van der Waals surface area contributed by atoms with E-state index in [9.17, 15) is 0 Å². The van der Waals surface area contributed by atoms with Crippen molar-refractivity contribution in [2.75, 3.05) is 0 Å². The predicted octanol–water partition coefficient (Wildman–Crippen LogP) is 3.80. The van der Waals surface area contributed by atoms with Crippen molar-refractivity contribution in [1.29, 1.82) is 0 Å². The Bertz CT molecular complexity index is 465. The number of aromatic amines is 1. The fourth-order valence-electron chi connectivity index (χ4n) is 1.29. The largest absolute Gasteiger partial charge is 0.271 e. The summed E-state index contributed by atoms with van der Waals surface area (Å²) in [5, 5.41) is 7.80. The molecule has 0 fully saturated rings. The summed E-state index contributed by atoms with van der Waals surface area (Å²) in [6.45, 7) is 2.00. The lowest BCUT2D eigenvalue weighted by Gasteiger charge is -1.98. The molecule has 4 heteroatoms. The maximum Gasteiger partial charge on any atom is 0.104 e. The lowest BCUT2D eigenvalue weighted by molar-refractivity contribution is 1.07. The molecule has 0 spiro atoms. The van der Waals surface area contributed by atoms with Gasteiger partial charge in [-0.25, -0.2) is 0 Å². The van der Waals surface area contributed by atoms with E-state index in [0.717, 1.165) is 26.4 Å². The minimum Gasteiger partial charge on any atom is -0.271 e. The quantitative estimate of drug-likeness (QED) is 0.839. The van der Waals surface area contributed by atoms with Crippen molar-refractivity contribution in [3.05, 3.63) is 39.5 Å². The summed E-state index contributed by atoms with van der Waals surface area (Å²) < 4.78 is 0.910. The minimum atomic E-state index is 0.723. The highest BCUT2D eigenvalue weighted by molar-refractivity contribution is 9.10. The molecule has 0 saturated carbocycles. The Balaban J connectivity index is 2.55. The number of nitrogens with zero attached hydrogens (tertiary/aromatic N) is 1. The van der Waals surface area contributed by atoms with Crippen LogP contribution in [0, 0.1) is 6.92 Å². The van der Waals surface area contributed by atoms with Crippen molar-refractivity contribution in [2.45, 2.75) is 6.92 Å². The molecule has 0 saturated heterocycles. The van der Waals surface area contributed by atoms with E-state index in [1.54, 1.807) is 0 Å². The molecule has 0 aliphatic rings. The number of hydrogen-bond acceptors (Lipinski definition) is 1. The van der Waals surface area contributed by atoms with Gasteiger partial charge in [0.15, 0.2) is 0 Å². The summed E-state index contributed by atoms with van der Waals surface area (Å²) in [4.78, 5) is 0. The number of benzene rings is 1. The van der Waals surface area contributed by atoms with E-state index in [0.29, 0.717) is 0 Å². The Kier molecular flexibility index (Phi) is 2.61. The molecular formula is C10H8BrClN2. The first-order chi connectivity index (χ1) is 6.68. The van der Waals surface area contributed by atoms with Crippen molar-refractivity contribution in [2.24, 2.45) is 0 Å². The Labute approximate surface area is 95.4 Å². The van der Waals surface area contributed by atoms with Crippen molar-refractivity contribution < 1.29 is 0 Å². The molecule has 0 aliphatic carbocycles. The number of nitrogens with one attached hydrogen (secondary N) is 1. The molecule has 0 unspecified atom stereocenters. The minimum absolute atomic E-state index is 0.723. The van der Waals surface area contributed by atoms with Gasteiger partial charge in [-0.3, -0.25) is 5.10 Å². The van der Waals surface area contributed by atoms with Crippen LogP contribution in [0.2, 0.25) is 5.02 Å². The number of hydrogen-bond donors (Lipinski definition) is 1. The molecule has 0 atom stereocenters. The van der Waals surface area contributed by atoms with E-state index in [2.05, 4.69) is 26.1 Å². The average Bonchev–Trinajstić information content (AvgIpc) is 2.48. The summed E-state index contributed by atoms with van der Waals surface area (Å²) in [6, 6.07) is 7.65. The van der Waals surface area contributed by atoms with Crippen LogP contribution >= 0.6 is 27.5 Å². The second-order valence-corrected chi connectivity index (χ2v) is 4.25. The molecule has 2 rings (SSSR count). The average molecular weight is 272 g/mol. The molecule has 72 valence electrons. The molecule has 1 aromatic carbocycles. The third kappa shape index (κ3) is 1.70. The summed E-state index contributed by atoms with van der Waals surface area (Å²) in [7, 11) is 0. The van der Waals surface area contributed by atoms with Gasteiger partial charge < -0.3 is 0 Å². The zero-order valence-electron chi connectivity index (χ0n) is 7.51. The Morgan fingerprint density at radius 3 is 2.79 bits per heavy atom. The molecule has 1 heterocycles. The molecule has 0 amide bonds. The zero-order valence-corrected chi connectivity index (χ0v) is 9.85. The fraction of sp³-hybridized carbons (Fsp3) is 0.100. The normalized spacial score (nSPS) is 10.5. The van der Waals surface area contributed by atoms with Crippen molar-refractivity contribution in [3.8, 4) is 11.3 Å². The highest BCUT2D eigenvalue weighted by Crippen LogP contribution is 2.27. The Morgan fingerprint density at radius 2 is 2.21 bits per heavy atom. The third-order valence-electron chi connectivity index (χ3n) is 2.05.